The zero-order valence-electron chi connectivity index (χ0n) is 12.2. The van der Waals surface area contributed by atoms with Crippen LogP contribution in [0.1, 0.15) is 18.0 Å². The molecule has 2 heterocycles. The number of likely N-dealkylation sites (tertiary alicyclic amines) is 1. The maximum atomic E-state index is 14.0. The fourth-order valence-corrected chi connectivity index (χ4v) is 3.85. The summed E-state index contributed by atoms with van der Waals surface area (Å²) in [5, 5.41) is 9.86. The molecule has 2 fully saturated rings. The lowest BCUT2D eigenvalue weighted by molar-refractivity contribution is -0.138. The first-order valence-electron chi connectivity index (χ1n) is 7.23. The van der Waals surface area contributed by atoms with E-state index in [2.05, 4.69) is 0 Å². The van der Waals surface area contributed by atoms with Crippen LogP contribution in [-0.4, -0.2) is 57.5 Å². The molecular formula is C15H16F2N2O3S. The van der Waals surface area contributed by atoms with Crippen LogP contribution in [0.2, 0.25) is 0 Å². The van der Waals surface area contributed by atoms with E-state index in [1.165, 1.54) is 21.6 Å². The van der Waals surface area contributed by atoms with Crippen molar-refractivity contribution in [3.8, 4) is 0 Å². The number of rotatable bonds is 3. The Morgan fingerprint density at radius 2 is 2.17 bits per heavy atom. The van der Waals surface area contributed by atoms with Gasteiger partial charge in [-0.1, -0.05) is 0 Å². The monoisotopic (exact) mass is 342 g/mol. The molecule has 2 aliphatic rings. The Morgan fingerprint density at radius 3 is 2.87 bits per heavy atom. The third kappa shape index (κ3) is 3.32. The normalized spacial score (nSPS) is 24.6. The van der Waals surface area contributed by atoms with Gasteiger partial charge in [-0.25, -0.2) is 8.78 Å². The minimum atomic E-state index is -0.796. The van der Waals surface area contributed by atoms with Gasteiger partial charge < -0.3 is 14.9 Å². The second-order valence-corrected chi connectivity index (χ2v) is 6.64. The highest BCUT2D eigenvalue weighted by Crippen LogP contribution is 2.34. The Balaban J connectivity index is 1.80. The number of thioether (sulfide) groups is 1. The van der Waals surface area contributed by atoms with Crippen LogP contribution in [0.25, 0.3) is 0 Å². The molecule has 1 aromatic carbocycles. The van der Waals surface area contributed by atoms with Gasteiger partial charge in [0, 0.05) is 12.1 Å². The van der Waals surface area contributed by atoms with Gasteiger partial charge in [0.05, 0.1) is 23.8 Å². The number of aliphatic hydroxyl groups excluding tert-OH is 1. The molecule has 8 heteroatoms. The Morgan fingerprint density at radius 1 is 1.39 bits per heavy atom. The summed E-state index contributed by atoms with van der Waals surface area (Å²) in [6.45, 7) is -0.0549. The molecule has 0 saturated carbocycles. The summed E-state index contributed by atoms with van der Waals surface area (Å²) in [4.78, 5) is 26.8. The highest BCUT2D eigenvalue weighted by molar-refractivity contribution is 8.00. The van der Waals surface area contributed by atoms with Gasteiger partial charge in [0.15, 0.2) is 0 Å². The van der Waals surface area contributed by atoms with E-state index in [9.17, 15) is 23.5 Å². The van der Waals surface area contributed by atoms with E-state index < -0.39 is 23.8 Å². The van der Waals surface area contributed by atoms with E-state index in [0.29, 0.717) is 11.6 Å². The van der Waals surface area contributed by atoms with E-state index in [0.717, 1.165) is 18.2 Å². The van der Waals surface area contributed by atoms with Crippen LogP contribution in [0, 0.1) is 11.6 Å². The summed E-state index contributed by atoms with van der Waals surface area (Å²) in [7, 11) is 0. The number of aliphatic hydroxyl groups is 1. The van der Waals surface area contributed by atoms with Crippen molar-refractivity contribution in [3.63, 3.8) is 0 Å². The molecule has 2 aliphatic heterocycles. The molecule has 124 valence electrons. The van der Waals surface area contributed by atoms with Crippen LogP contribution in [0.15, 0.2) is 18.2 Å². The van der Waals surface area contributed by atoms with Gasteiger partial charge >= 0.3 is 0 Å². The van der Waals surface area contributed by atoms with Crippen LogP contribution < -0.4 is 0 Å². The standard InChI is InChI=1S/C15H16F2N2O3S/c16-9-1-2-12(17)11(3-9)13-4-10(20)5-19(13)14(21)6-18-8-23-7-15(18)22/h1-3,10,13,20H,4-8H2. The zero-order chi connectivity index (χ0) is 16.6. The van der Waals surface area contributed by atoms with Crippen molar-refractivity contribution >= 4 is 23.6 Å². The SMILES string of the molecule is O=C1CSCN1CC(=O)N1CC(O)CC1c1cc(F)ccc1F. The third-order valence-corrected chi connectivity index (χ3v) is 5.01. The molecule has 0 radical (unpaired) electrons. The minimum absolute atomic E-state index is 0.0502. The number of nitrogens with zero attached hydrogens (tertiary/aromatic N) is 2. The lowest BCUT2D eigenvalue weighted by atomic mass is 10.0. The van der Waals surface area contributed by atoms with Crippen LogP contribution in [0.5, 0.6) is 0 Å². The molecule has 2 saturated heterocycles. The number of amides is 2. The van der Waals surface area contributed by atoms with Crippen LogP contribution >= 0.6 is 11.8 Å². The molecule has 23 heavy (non-hydrogen) atoms. The maximum Gasteiger partial charge on any atom is 0.242 e. The molecular weight excluding hydrogens is 326 g/mol. The molecule has 2 amide bonds. The highest BCUT2D eigenvalue weighted by Gasteiger charge is 2.38. The van der Waals surface area contributed by atoms with Crippen molar-refractivity contribution in [1.82, 2.24) is 9.80 Å². The fraction of sp³-hybridized carbons (Fsp3) is 0.467. The first-order chi connectivity index (χ1) is 11.0. The minimum Gasteiger partial charge on any atom is -0.391 e. The number of β-amino-alcohol motifs (C(OH)–C–C–N with tert-alkyl or cyclic N) is 1. The van der Waals surface area contributed by atoms with E-state index >= 15 is 0 Å². The quantitative estimate of drug-likeness (QED) is 0.895. The van der Waals surface area contributed by atoms with Gasteiger partial charge in [0.2, 0.25) is 11.8 Å². The molecule has 0 spiro atoms. The number of benzene rings is 1. The summed E-state index contributed by atoms with van der Waals surface area (Å²) in [5.74, 6) is -0.905. The van der Waals surface area contributed by atoms with Gasteiger partial charge in [-0.15, -0.1) is 11.8 Å². The number of halogens is 2. The molecule has 3 rings (SSSR count). The Bertz CT molecular complexity index is 643. The molecule has 5 nitrogen and oxygen atoms in total. The highest BCUT2D eigenvalue weighted by atomic mass is 32.2. The lowest BCUT2D eigenvalue weighted by Crippen LogP contribution is -2.41. The summed E-state index contributed by atoms with van der Waals surface area (Å²) < 4.78 is 27.4. The Hall–Kier alpha value is -1.67. The summed E-state index contributed by atoms with van der Waals surface area (Å²) in [5.41, 5.74) is 0.0528. The van der Waals surface area contributed by atoms with Gasteiger partial charge in [-0.05, 0) is 24.6 Å². The molecule has 0 aliphatic carbocycles. The van der Waals surface area contributed by atoms with E-state index in [4.69, 9.17) is 0 Å². The zero-order valence-corrected chi connectivity index (χ0v) is 13.1. The molecule has 2 unspecified atom stereocenters. The summed E-state index contributed by atoms with van der Waals surface area (Å²) in [6.07, 6.45) is -0.648. The molecule has 1 aromatic rings. The smallest absolute Gasteiger partial charge is 0.242 e. The van der Waals surface area contributed by atoms with E-state index in [-0.39, 0.29) is 36.9 Å². The number of carbonyl (C=O) groups excluding carboxylic acids is 2. The molecule has 0 bridgehead atoms. The van der Waals surface area contributed by atoms with Gasteiger partial charge in [-0.3, -0.25) is 9.59 Å². The summed E-state index contributed by atoms with van der Waals surface area (Å²) >= 11 is 1.42. The first kappa shape index (κ1) is 16.2. The number of hydrogen-bond acceptors (Lipinski definition) is 4. The largest absolute Gasteiger partial charge is 0.391 e. The first-order valence-corrected chi connectivity index (χ1v) is 8.39. The number of hydrogen-bond donors (Lipinski definition) is 1. The van der Waals surface area contributed by atoms with Crippen molar-refractivity contribution in [2.45, 2.75) is 18.6 Å². The van der Waals surface area contributed by atoms with E-state index in [1.54, 1.807) is 0 Å². The van der Waals surface area contributed by atoms with Crippen molar-refractivity contribution in [2.24, 2.45) is 0 Å². The third-order valence-electron chi connectivity index (χ3n) is 4.07. The Labute approximate surface area is 136 Å². The maximum absolute atomic E-state index is 14.0. The van der Waals surface area contributed by atoms with Crippen LogP contribution in [0.3, 0.4) is 0 Å². The molecule has 0 aromatic heterocycles. The average Bonchev–Trinajstić information content (AvgIpc) is 3.08. The Kier molecular flexibility index (Phi) is 4.54. The molecule has 1 N–H and O–H groups in total. The predicted molar refractivity (Wildman–Crippen MR) is 80.5 cm³/mol. The van der Waals surface area contributed by atoms with Crippen LogP contribution in [-0.2, 0) is 9.59 Å². The predicted octanol–water partition coefficient (Wildman–Crippen LogP) is 1.13. The van der Waals surface area contributed by atoms with Crippen molar-refractivity contribution in [3.05, 3.63) is 35.4 Å². The van der Waals surface area contributed by atoms with Gasteiger partial charge in [-0.2, -0.15) is 0 Å². The number of carbonyl (C=O) groups is 2. The summed E-state index contributed by atoms with van der Waals surface area (Å²) in [6, 6.07) is 2.35. The van der Waals surface area contributed by atoms with Gasteiger partial charge in [0.1, 0.15) is 18.2 Å². The van der Waals surface area contributed by atoms with Gasteiger partial charge in [0.25, 0.3) is 0 Å². The van der Waals surface area contributed by atoms with Crippen LogP contribution in [0.4, 0.5) is 8.78 Å². The van der Waals surface area contributed by atoms with Crippen molar-refractivity contribution in [1.29, 1.82) is 0 Å². The van der Waals surface area contributed by atoms with Crippen molar-refractivity contribution < 1.29 is 23.5 Å². The topological polar surface area (TPSA) is 60.9 Å². The lowest BCUT2D eigenvalue weighted by Gasteiger charge is -2.27. The second kappa shape index (κ2) is 6.45. The second-order valence-electron chi connectivity index (χ2n) is 5.69. The fourth-order valence-electron chi connectivity index (χ4n) is 2.95. The van der Waals surface area contributed by atoms with Crippen molar-refractivity contribution in [2.75, 3.05) is 24.7 Å². The average molecular weight is 342 g/mol. The van der Waals surface area contributed by atoms with E-state index in [1.807, 2.05) is 0 Å². The molecule has 2 atom stereocenters.